The van der Waals surface area contributed by atoms with Crippen LogP contribution in [0.3, 0.4) is 0 Å². The largest absolute Gasteiger partial charge is 0.452 e. The maximum atomic E-state index is 13.0. The number of halogens is 1. The summed E-state index contributed by atoms with van der Waals surface area (Å²) in [6, 6.07) is 16.7. The predicted molar refractivity (Wildman–Crippen MR) is 141 cm³/mol. The number of esters is 1. The number of nitrogens with one attached hydrogen (secondary N) is 1. The Hall–Kier alpha value is -3.85. The van der Waals surface area contributed by atoms with Gasteiger partial charge in [0.1, 0.15) is 0 Å². The molecule has 1 amide bonds. The maximum absolute atomic E-state index is 13.0. The van der Waals surface area contributed by atoms with Gasteiger partial charge in [-0.2, -0.15) is 0 Å². The highest BCUT2D eigenvalue weighted by Crippen LogP contribution is 2.33. The van der Waals surface area contributed by atoms with Crippen molar-refractivity contribution in [3.8, 4) is 0 Å². The van der Waals surface area contributed by atoms with Gasteiger partial charge in [-0.1, -0.05) is 48.0 Å². The number of anilines is 1. The highest BCUT2D eigenvalue weighted by atomic mass is 35.5. The molecule has 0 radical (unpaired) electrons. The molecule has 1 aliphatic rings. The Morgan fingerprint density at radius 1 is 0.861 bits per heavy atom. The lowest BCUT2D eigenvalue weighted by Crippen LogP contribution is -2.23. The number of benzene rings is 2. The van der Waals surface area contributed by atoms with Gasteiger partial charge < -0.3 is 10.1 Å². The second-order valence-electron chi connectivity index (χ2n) is 7.76. The fourth-order valence-corrected chi connectivity index (χ4v) is 5.39. The van der Waals surface area contributed by atoms with Crippen molar-refractivity contribution >= 4 is 75.1 Å². The van der Waals surface area contributed by atoms with Gasteiger partial charge in [-0.15, -0.1) is 22.7 Å². The van der Waals surface area contributed by atoms with Crippen LogP contribution in [0.2, 0.25) is 5.02 Å². The summed E-state index contributed by atoms with van der Waals surface area (Å²) in [4.78, 5) is 52.8. The van der Waals surface area contributed by atoms with Crippen LogP contribution >= 0.6 is 34.3 Å². The number of carbonyl (C=O) groups excluding carboxylic acids is 4. The molecule has 36 heavy (non-hydrogen) atoms. The quantitative estimate of drug-likeness (QED) is 0.215. The van der Waals surface area contributed by atoms with E-state index in [1.54, 1.807) is 36.4 Å². The predicted octanol–water partition coefficient (Wildman–Crippen LogP) is 5.96. The van der Waals surface area contributed by atoms with Gasteiger partial charge in [-0.05, 0) is 41.1 Å². The Kier molecular flexibility index (Phi) is 6.65. The van der Waals surface area contributed by atoms with E-state index in [4.69, 9.17) is 16.3 Å². The molecule has 178 valence electrons. The van der Waals surface area contributed by atoms with Crippen LogP contribution < -0.4 is 5.32 Å². The minimum absolute atomic E-state index is 0.0887. The first kappa shape index (κ1) is 23.9. The van der Waals surface area contributed by atoms with Crippen molar-refractivity contribution in [2.45, 2.75) is 0 Å². The normalized spacial score (nSPS) is 12.6. The SMILES string of the molecule is O=C(COC(=O)/C(=C/c1cccs1)c1cccs1)Nc1cc2c(cc1Cl)C(=O)c1ccccc1C2=O. The first-order valence-electron chi connectivity index (χ1n) is 10.7. The van der Waals surface area contributed by atoms with Crippen LogP contribution in [0, 0.1) is 0 Å². The number of fused-ring (bicyclic) bond motifs is 2. The van der Waals surface area contributed by atoms with E-state index in [0.717, 1.165) is 9.75 Å². The van der Waals surface area contributed by atoms with Gasteiger partial charge in [-0.3, -0.25) is 14.4 Å². The number of hydrogen-bond acceptors (Lipinski definition) is 7. The summed E-state index contributed by atoms with van der Waals surface area (Å²) in [6.07, 6.45) is 1.72. The molecular weight excluding hydrogens is 518 g/mol. The molecule has 9 heteroatoms. The molecule has 1 N–H and O–H groups in total. The summed E-state index contributed by atoms with van der Waals surface area (Å²) < 4.78 is 5.28. The molecule has 5 rings (SSSR count). The molecule has 0 atom stereocenters. The summed E-state index contributed by atoms with van der Waals surface area (Å²) in [5.41, 5.74) is 1.41. The Bertz CT molecular complexity index is 1540. The molecule has 2 aromatic carbocycles. The number of ketones is 2. The van der Waals surface area contributed by atoms with Crippen LogP contribution in [0.4, 0.5) is 5.69 Å². The van der Waals surface area contributed by atoms with E-state index in [1.165, 1.54) is 34.8 Å². The third kappa shape index (κ3) is 4.66. The molecule has 0 unspecified atom stereocenters. The third-order valence-corrected chi connectivity index (χ3v) is 7.49. The lowest BCUT2D eigenvalue weighted by atomic mass is 9.84. The average Bonchev–Trinajstić information content (AvgIpc) is 3.60. The first-order chi connectivity index (χ1) is 17.4. The molecule has 0 saturated heterocycles. The minimum Gasteiger partial charge on any atom is -0.452 e. The highest BCUT2D eigenvalue weighted by Gasteiger charge is 2.30. The molecule has 0 bridgehead atoms. The van der Waals surface area contributed by atoms with Gasteiger partial charge in [0.25, 0.3) is 5.91 Å². The van der Waals surface area contributed by atoms with E-state index in [-0.39, 0.29) is 33.4 Å². The first-order valence-corrected chi connectivity index (χ1v) is 12.8. The van der Waals surface area contributed by atoms with Gasteiger partial charge in [0.15, 0.2) is 18.2 Å². The molecule has 1 aliphatic carbocycles. The van der Waals surface area contributed by atoms with Gasteiger partial charge in [0.05, 0.1) is 16.3 Å². The zero-order valence-corrected chi connectivity index (χ0v) is 20.8. The fourth-order valence-electron chi connectivity index (χ4n) is 3.79. The van der Waals surface area contributed by atoms with Crippen molar-refractivity contribution in [1.82, 2.24) is 0 Å². The van der Waals surface area contributed by atoms with E-state index in [9.17, 15) is 19.2 Å². The van der Waals surface area contributed by atoms with Crippen molar-refractivity contribution in [3.05, 3.63) is 108 Å². The van der Waals surface area contributed by atoms with E-state index >= 15 is 0 Å². The monoisotopic (exact) mass is 533 g/mol. The summed E-state index contributed by atoms with van der Waals surface area (Å²) in [7, 11) is 0. The number of rotatable bonds is 6. The molecule has 2 aromatic heterocycles. The molecule has 0 aliphatic heterocycles. The van der Waals surface area contributed by atoms with Crippen LogP contribution in [0.5, 0.6) is 0 Å². The molecule has 4 aromatic rings. The van der Waals surface area contributed by atoms with E-state index in [0.29, 0.717) is 16.7 Å². The van der Waals surface area contributed by atoms with Crippen molar-refractivity contribution in [2.75, 3.05) is 11.9 Å². The molecule has 0 saturated carbocycles. The third-order valence-electron chi connectivity index (χ3n) is 5.46. The molecule has 0 fully saturated rings. The van der Waals surface area contributed by atoms with Crippen LogP contribution in [0.1, 0.15) is 41.6 Å². The van der Waals surface area contributed by atoms with Gasteiger partial charge in [0, 0.05) is 32.0 Å². The molecule has 6 nitrogen and oxygen atoms in total. The van der Waals surface area contributed by atoms with Gasteiger partial charge >= 0.3 is 5.97 Å². The Morgan fingerprint density at radius 3 is 2.17 bits per heavy atom. The lowest BCUT2D eigenvalue weighted by molar-refractivity contribution is -0.141. The molecular formula is C27H16ClNO5S2. The summed E-state index contributed by atoms with van der Waals surface area (Å²) in [5.74, 6) is -1.93. The second kappa shape index (κ2) is 10.0. The summed E-state index contributed by atoms with van der Waals surface area (Å²) >= 11 is 9.18. The number of thiophene rings is 2. The number of carbonyl (C=O) groups is 4. The van der Waals surface area contributed by atoms with Crippen molar-refractivity contribution in [1.29, 1.82) is 0 Å². The standard InChI is InChI=1S/C27H16ClNO5S2/c28-21-12-18-19(26(32)17-7-2-1-6-16(17)25(18)31)13-22(21)29-24(30)14-34-27(33)20(23-8-4-10-36-23)11-15-5-3-9-35-15/h1-13H,14H2,(H,29,30)/b20-11+. The Labute approximate surface area is 218 Å². The number of hydrogen-bond donors (Lipinski definition) is 1. The maximum Gasteiger partial charge on any atom is 0.340 e. The van der Waals surface area contributed by atoms with Crippen LogP contribution in [-0.4, -0.2) is 30.0 Å². The van der Waals surface area contributed by atoms with E-state index in [1.807, 2.05) is 29.0 Å². The van der Waals surface area contributed by atoms with E-state index < -0.39 is 18.5 Å². The van der Waals surface area contributed by atoms with Crippen LogP contribution in [0.25, 0.3) is 11.6 Å². The zero-order valence-electron chi connectivity index (χ0n) is 18.4. The summed E-state index contributed by atoms with van der Waals surface area (Å²) in [5, 5.41) is 6.40. The van der Waals surface area contributed by atoms with Crippen LogP contribution in [-0.2, 0) is 14.3 Å². The number of amides is 1. The topological polar surface area (TPSA) is 89.5 Å². The van der Waals surface area contributed by atoms with Crippen molar-refractivity contribution < 1.29 is 23.9 Å². The molecule has 0 spiro atoms. The minimum atomic E-state index is -0.644. The lowest BCUT2D eigenvalue weighted by Gasteiger charge is -2.19. The van der Waals surface area contributed by atoms with Crippen molar-refractivity contribution in [2.24, 2.45) is 0 Å². The Balaban J connectivity index is 1.32. The second-order valence-corrected chi connectivity index (χ2v) is 10.1. The zero-order chi connectivity index (χ0) is 25.2. The number of ether oxygens (including phenoxy) is 1. The molecule has 2 heterocycles. The van der Waals surface area contributed by atoms with Gasteiger partial charge in [0.2, 0.25) is 0 Å². The Morgan fingerprint density at radius 2 is 1.53 bits per heavy atom. The van der Waals surface area contributed by atoms with Crippen molar-refractivity contribution in [3.63, 3.8) is 0 Å². The van der Waals surface area contributed by atoms with Crippen LogP contribution in [0.15, 0.2) is 71.4 Å². The highest BCUT2D eigenvalue weighted by molar-refractivity contribution is 7.12. The fraction of sp³-hybridized carbons (Fsp3) is 0.0370. The smallest absolute Gasteiger partial charge is 0.340 e. The van der Waals surface area contributed by atoms with E-state index in [2.05, 4.69) is 5.32 Å². The van der Waals surface area contributed by atoms with Gasteiger partial charge in [-0.25, -0.2) is 4.79 Å². The summed E-state index contributed by atoms with van der Waals surface area (Å²) in [6.45, 7) is -0.560. The average molecular weight is 534 g/mol.